The molecule has 122 valence electrons. The lowest BCUT2D eigenvalue weighted by molar-refractivity contribution is -0.196. The van der Waals surface area contributed by atoms with E-state index in [-0.39, 0.29) is 0 Å². The van der Waals surface area contributed by atoms with E-state index in [4.69, 9.17) is 9.57 Å². The molecule has 4 unspecified atom stereocenters. The van der Waals surface area contributed by atoms with Gasteiger partial charge in [-0.2, -0.15) is 0 Å². The van der Waals surface area contributed by atoms with Crippen molar-refractivity contribution in [2.45, 2.75) is 59.2 Å². The average molecular weight is 301 g/mol. The number of hydrogen-bond acceptors (Lipinski definition) is 6. The lowest BCUT2D eigenvalue weighted by atomic mass is 9.87. The molecule has 0 aromatic heterocycles. The van der Waals surface area contributed by atoms with E-state index in [1.54, 1.807) is 6.92 Å². The summed E-state index contributed by atoms with van der Waals surface area (Å²) in [5.74, 6) is -2.57. The van der Waals surface area contributed by atoms with Crippen LogP contribution in [-0.4, -0.2) is 47.4 Å². The maximum absolute atomic E-state index is 12.1. The maximum atomic E-state index is 12.1. The third-order valence-electron chi connectivity index (χ3n) is 3.97. The minimum Gasteiger partial charge on any atom is -0.459 e. The van der Waals surface area contributed by atoms with Gasteiger partial charge >= 0.3 is 11.9 Å². The molecule has 0 aromatic carbocycles. The van der Waals surface area contributed by atoms with Crippen molar-refractivity contribution in [1.29, 1.82) is 0 Å². The van der Waals surface area contributed by atoms with Gasteiger partial charge in [-0.05, 0) is 26.7 Å². The zero-order valence-electron chi connectivity index (χ0n) is 13.4. The number of hydrogen-bond donors (Lipinski definition) is 1. The number of nitrogens with zero attached hydrogens (tertiary/aromatic N) is 1. The number of esters is 1. The van der Waals surface area contributed by atoms with Gasteiger partial charge in [0.05, 0.1) is 11.8 Å². The van der Waals surface area contributed by atoms with Gasteiger partial charge in [0, 0.05) is 13.1 Å². The Morgan fingerprint density at radius 2 is 2.00 bits per heavy atom. The minimum absolute atomic E-state index is 0.504. The third kappa shape index (κ3) is 4.41. The number of unbranched alkanes of at least 4 members (excludes halogenated alkanes) is 1. The topological polar surface area (TPSA) is 76.1 Å². The van der Waals surface area contributed by atoms with E-state index in [9.17, 15) is 14.7 Å². The first-order valence-electron chi connectivity index (χ1n) is 7.81. The van der Waals surface area contributed by atoms with Gasteiger partial charge in [-0.15, -0.1) is 5.06 Å². The van der Waals surface area contributed by atoms with E-state index in [2.05, 4.69) is 0 Å². The van der Waals surface area contributed by atoms with Gasteiger partial charge in [0.1, 0.15) is 12.2 Å². The van der Waals surface area contributed by atoms with Crippen LogP contribution in [0.25, 0.3) is 0 Å². The molecule has 1 aliphatic heterocycles. The molecule has 1 rings (SSSR count). The molecule has 1 N–H and O–H groups in total. The van der Waals surface area contributed by atoms with E-state index >= 15 is 0 Å². The highest BCUT2D eigenvalue weighted by Crippen LogP contribution is 2.31. The van der Waals surface area contributed by atoms with Gasteiger partial charge in [-0.1, -0.05) is 20.3 Å². The van der Waals surface area contributed by atoms with Crippen molar-refractivity contribution in [2.75, 3.05) is 13.1 Å². The second-order valence-corrected chi connectivity index (χ2v) is 5.45. The molecule has 6 heteroatoms. The van der Waals surface area contributed by atoms with E-state index in [0.717, 1.165) is 12.8 Å². The van der Waals surface area contributed by atoms with Gasteiger partial charge in [0.25, 0.3) is 0 Å². The first-order valence-corrected chi connectivity index (χ1v) is 7.81. The highest BCUT2D eigenvalue weighted by atomic mass is 16.7. The Labute approximate surface area is 126 Å². The molecule has 0 aromatic rings. The first kappa shape index (κ1) is 17.9. The van der Waals surface area contributed by atoms with Crippen molar-refractivity contribution in [3.8, 4) is 0 Å². The van der Waals surface area contributed by atoms with Crippen LogP contribution in [0, 0.1) is 11.8 Å². The van der Waals surface area contributed by atoms with Crippen LogP contribution in [0.5, 0.6) is 0 Å². The monoisotopic (exact) mass is 301 g/mol. The lowest BCUT2D eigenvalue weighted by Gasteiger charge is -2.23. The van der Waals surface area contributed by atoms with Crippen LogP contribution in [0.4, 0.5) is 0 Å². The van der Waals surface area contributed by atoms with Gasteiger partial charge in [-0.25, -0.2) is 0 Å². The Bertz CT molecular complexity index is 356. The number of rotatable bonds is 8. The Morgan fingerprint density at radius 1 is 1.38 bits per heavy atom. The quantitative estimate of drug-likeness (QED) is 0.541. The zero-order valence-corrected chi connectivity index (χ0v) is 13.4. The van der Waals surface area contributed by atoms with E-state index in [1.807, 2.05) is 20.8 Å². The fourth-order valence-electron chi connectivity index (χ4n) is 2.51. The molecule has 1 aliphatic rings. The van der Waals surface area contributed by atoms with Crippen LogP contribution >= 0.6 is 0 Å². The molecule has 6 nitrogen and oxygen atoms in total. The minimum atomic E-state index is -0.941. The molecule has 21 heavy (non-hydrogen) atoms. The smallest absolute Gasteiger partial charge is 0.328 e. The Morgan fingerprint density at radius 3 is 2.52 bits per heavy atom. The van der Waals surface area contributed by atoms with Crippen LogP contribution in [0.15, 0.2) is 0 Å². The van der Waals surface area contributed by atoms with E-state index < -0.39 is 36.0 Å². The summed E-state index contributed by atoms with van der Waals surface area (Å²) >= 11 is 0. The summed E-state index contributed by atoms with van der Waals surface area (Å²) in [4.78, 5) is 29.2. The third-order valence-corrected chi connectivity index (χ3v) is 3.97. The number of cyclic esters (lactones) is 1. The van der Waals surface area contributed by atoms with Gasteiger partial charge < -0.3 is 14.7 Å². The van der Waals surface area contributed by atoms with Crippen molar-refractivity contribution in [3.05, 3.63) is 0 Å². The summed E-state index contributed by atoms with van der Waals surface area (Å²) in [5.41, 5.74) is 0. The summed E-state index contributed by atoms with van der Waals surface area (Å²) in [6.45, 7) is 8.53. The van der Waals surface area contributed by atoms with Crippen molar-refractivity contribution in [2.24, 2.45) is 11.8 Å². The molecular formula is C15H27NO5. The summed E-state index contributed by atoms with van der Waals surface area (Å²) in [5, 5.41) is 11.8. The fourth-order valence-corrected chi connectivity index (χ4v) is 2.51. The molecule has 0 radical (unpaired) electrons. The molecular weight excluding hydrogens is 274 g/mol. The lowest BCUT2D eigenvalue weighted by Crippen LogP contribution is -2.38. The zero-order chi connectivity index (χ0) is 16.0. The Hall–Kier alpha value is -1.14. The number of carbonyl (C=O) groups excluding carboxylic acids is 2. The predicted octanol–water partition coefficient (Wildman–Crippen LogP) is 1.52. The SMILES string of the molecule is CCCCC1OC(=O)C(C(C)C(=O)ON(CC)CC)C1O. The highest BCUT2D eigenvalue weighted by molar-refractivity contribution is 5.83. The summed E-state index contributed by atoms with van der Waals surface area (Å²) in [6.07, 6.45) is 1.01. The van der Waals surface area contributed by atoms with Crippen LogP contribution in [0.2, 0.25) is 0 Å². The molecule has 0 saturated carbocycles. The highest BCUT2D eigenvalue weighted by Gasteiger charge is 2.48. The van der Waals surface area contributed by atoms with Crippen molar-refractivity contribution in [1.82, 2.24) is 5.06 Å². The van der Waals surface area contributed by atoms with Crippen LogP contribution in [0.3, 0.4) is 0 Å². The van der Waals surface area contributed by atoms with Crippen molar-refractivity contribution < 1.29 is 24.3 Å². The standard InChI is InChI=1S/C15H27NO5/c1-5-8-9-11-13(17)12(15(19)20-11)10(4)14(18)21-16(6-2)7-3/h10-13,17H,5-9H2,1-4H3. The molecule has 1 saturated heterocycles. The maximum Gasteiger partial charge on any atom is 0.328 e. The largest absolute Gasteiger partial charge is 0.459 e. The second kappa shape index (κ2) is 8.34. The summed E-state index contributed by atoms with van der Waals surface area (Å²) in [6, 6.07) is 0. The normalized spacial score (nSPS) is 26.8. The molecule has 4 atom stereocenters. The van der Waals surface area contributed by atoms with E-state index in [1.165, 1.54) is 5.06 Å². The van der Waals surface area contributed by atoms with Crippen molar-refractivity contribution >= 4 is 11.9 Å². The Kier molecular flexibility index (Phi) is 7.11. The summed E-state index contributed by atoms with van der Waals surface area (Å²) in [7, 11) is 0. The van der Waals surface area contributed by atoms with Crippen LogP contribution in [-0.2, 0) is 19.2 Å². The summed E-state index contributed by atoms with van der Waals surface area (Å²) < 4.78 is 5.21. The number of carbonyl (C=O) groups is 2. The molecule has 1 heterocycles. The number of aliphatic hydroxyl groups excluding tert-OH is 1. The number of hydroxylamine groups is 2. The van der Waals surface area contributed by atoms with Gasteiger partial charge in [-0.3, -0.25) is 9.59 Å². The van der Waals surface area contributed by atoms with E-state index in [0.29, 0.717) is 19.5 Å². The first-order chi connectivity index (χ1) is 9.96. The van der Waals surface area contributed by atoms with Gasteiger partial charge in [0.2, 0.25) is 0 Å². The number of aliphatic hydroxyl groups is 1. The fraction of sp³-hybridized carbons (Fsp3) is 0.867. The van der Waals surface area contributed by atoms with Gasteiger partial charge in [0.15, 0.2) is 0 Å². The van der Waals surface area contributed by atoms with Crippen LogP contribution in [0.1, 0.15) is 47.0 Å². The molecule has 0 amide bonds. The second-order valence-electron chi connectivity index (χ2n) is 5.45. The number of ether oxygens (including phenoxy) is 1. The molecule has 0 aliphatic carbocycles. The average Bonchev–Trinajstić information content (AvgIpc) is 2.75. The van der Waals surface area contributed by atoms with Crippen LogP contribution < -0.4 is 0 Å². The molecule has 0 spiro atoms. The van der Waals surface area contributed by atoms with Crippen molar-refractivity contribution in [3.63, 3.8) is 0 Å². The molecule has 1 fully saturated rings. The predicted molar refractivity (Wildman–Crippen MR) is 77.1 cm³/mol. The Balaban J connectivity index is 2.66. The molecule has 0 bridgehead atoms.